The average Bonchev–Trinajstić information content (AvgIpc) is 2.19. The molecule has 0 aliphatic carbocycles. The molecule has 0 radical (unpaired) electrons. The number of carbonyl (C=O) groups excluding carboxylic acids is 1. The van der Waals surface area contributed by atoms with Crippen LogP contribution in [0, 0.1) is 12.3 Å². The van der Waals surface area contributed by atoms with E-state index in [9.17, 15) is 4.79 Å². The molecule has 0 saturated carbocycles. The molecule has 66 valence electrons. The molecule has 13 heavy (non-hydrogen) atoms. The van der Waals surface area contributed by atoms with E-state index in [0.717, 1.165) is 24.7 Å². The molecule has 1 aromatic rings. The molecule has 0 aliphatic rings. The molecule has 1 aromatic carbocycles. The van der Waals surface area contributed by atoms with Gasteiger partial charge in [0.15, 0.2) is 0 Å². The minimum atomic E-state index is 0.636. The Hall–Kier alpha value is -1.55. The molecule has 1 nitrogen and oxygen atoms in total. The van der Waals surface area contributed by atoms with Gasteiger partial charge in [0.05, 0.1) is 0 Å². The summed E-state index contributed by atoms with van der Waals surface area (Å²) in [5.41, 5.74) is 2.14. The predicted molar refractivity (Wildman–Crippen MR) is 53.4 cm³/mol. The van der Waals surface area contributed by atoms with Crippen LogP contribution in [0.25, 0.3) is 0 Å². The van der Waals surface area contributed by atoms with Crippen molar-refractivity contribution in [3.8, 4) is 12.3 Å². The zero-order chi connectivity index (χ0) is 9.52. The maximum absolute atomic E-state index is 10.1. The summed E-state index contributed by atoms with van der Waals surface area (Å²) < 4.78 is 0. The smallest absolute Gasteiger partial charge is 0.120 e. The topological polar surface area (TPSA) is 17.1 Å². The number of benzene rings is 1. The van der Waals surface area contributed by atoms with Crippen molar-refractivity contribution < 1.29 is 4.79 Å². The third kappa shape index (κ3) is 3.13. The molecule has 0 heterocycles. The second-order valence-electron chi connectivity index (χ2n) is 2.90. The second kappa shape index (κ2) is 5.16. The van der Waals surface area contributed by atoms with Gasteiger partial charge in [0, 0.05) is 12.0 Å². The first-order chi connectivity index (χ1) is 6.36. The molecule has 0 unspecified atom stereocenters. The largest absolute Gasteiger partial charge is 0.303 e. The van der Waals surface area contributed by atoms with Crippen molar-refractivity contribution in [2.24, 2.45) is 0 Å². The molecule has 0 aliphatic heterocycles. The van der Waals surface area contributed by atoms with Crippen LogP contribution in [-0.4, -0.2) is 6.29 Å². The van der Waals surface area contributed by atoms with Gasteiger partial charge >= 0.3 is 0 Å². The summed E-state index contributed by atoms with van der Waals surface area (Å²) in [5, 5.41) is 0. The number of hydrogen-bond donors (Lipinski definition) is 0. The first-order valence-corrected chi connectivity index (χ1v) is 4.36. The summed E-state index contributed by atoms with van der Waals surface area (Å²) in [5.74, 6) is 2.57. The minimum Gasteiger partial charge on any atom is -0.303 e. The number of terminal acetylenes is 1. The fraction of sp³-hybridized carbons (Fsp3) is 0.250. The number of rotatable bonds is 4. The van der Waals surface area contributed by atoms with E-state index in [2.05, 4.69) is 5.92 Å². The van der Waals surface area contributed by atoms with Gasteiger partial charge < -0.3 is 4.79 Å². The zero-order valence-corrected chi connectivity index (χ0v) is 7.49. The summed E-state index contributed by atoms with van der Waals surface area (Å²) in [6, 6.07) is 7.88. The van der Waals surface area contributed by atoms with Crippen LogP contribution >= 0.6 is 0 Å². The van der Waals surface area contributed by atoms with E-state index in [-0.39, 0.29) is 0 Å². The van der Waals surface area contributed by atoms with Gasteiger partial charge in [0.25, 0.3) is 0 Å². The van der Waals surface area contributed by atoms with Crippen LogP contribution in [0.4, 0.5) is 0 Å². The van der Waals surface area contributed by atoms with Gasteiger partial charge in [0.2, 0.25) is 0 Å². The van der Waals surface area contributed by atoms with Gasteiger partial charge in [-0.3, -0.25) is 0 Å². The number of unbranched alkanes of at least 4 members (excludes halogenated alkanes) is 1. The molecule has 0 amide bonds. The standard InChI is InChI=1S/C12H12O/c1-2-11-6-8-12(9-7-11)5-3-4-10-13/h1,6-10H,3-5H2. The third-order valence-electron chi connectivity index (χ3n) is 1.91. The van der Waals surface area contributed by atoms with Gasteiger partial charge in [-0.05, 0) is 30.5 Å². The van der Waals surface area contributed by atoms with Crippen molar-refractivity contribution >= 4 is 6.29 Å². The molecule has 0 atom stereocenters. The summed E-state index contributed by atoms with van der Waals surface area (Å²) in [6.07, 6.45) is 8.68. The Morgan fingerprint density at radius 2 is 2.00 bits per heavy atom. The second-order valence-corrected chi connectivity index (χ2v) is 2.90. The Labute approximate surface area is 78.8 Å². The molecular weight excluding hydrogens is 160 g/mol. The predicted octanol–water partition coefficient (Wildman–Crippen LogP) is 2.19. The highest BCUT2D eigenvalue weighted by atomic mass is 16.1. The van der Waals surface area contributed by atoms with Crippen molar-refractivity contribution in [2.75, 3.05) is 0 Å². The van der Waals surface area contributed by atoms with Crippen LogP contribution in [0.2, 0.25) is 0 Å². The summed E-state index contributed by atoms with van der Waals surface area (Å²) in [6.45, 7) is 0. The van der Waals surface area contributed by atoms with E-state index < -0.39 is 0 Å². The Balaban J connectivity index is 2.50. The molecule has 0 aromatic heterocycles. The number of carbonyl (C=O) groups is 1. The molecule has 1 heteroatoms. The number of hydrogen-bond acceptors (Lipinski definition) is 1. The highest BCUT2D eigenvalue weighted by Crippen LogP contribution is 2.06. The lowest BCUT2D eigenvalue weighted by molar-refractivity contribution is -0.107. The van der Waals surface area contributed by atoms with Crippen LogP contribution in [0.5, 0.6) is 0 Å². The van der Waals surface area contributed by atoms with Crippen molar-refractivity contribution in [2.45, 2.75) is 19.3 Å². The maximum atomic E-state index is 10.1. The van der Waals surface area contributed by atoms with Crippen LogP contribution in [0.3, 0.4) is 0 Å². The van der Waals surface area contributed by atoms with Crippen molar-refractivity contribution in [3.05, 3.63) is 35.4 Å². The normalized spacial score (nSPS) is 9.15. The van der Waals surface area contributed by atoms with E-state index in [1.165, 1.54) is 5.56 Å². The van der Waals surface area contributed by atoms with Crippen LogP contribution in [0.15, 0.2) is 24.3 Å². The van der Waals surface area contributed by atoms with E-state index >= 15 is 0 Å². The molecular formula is C12H12O. The van der Waals surface area contributed by atoms with Crippen molar-refractivity contribution in [1.82, 2.24) is 0 Å². The van der Waals surface area contributed by atoms with Crippen LogP contribution < -0.4 is 0 Å². The van der Waals surface area contributed by atoms with Gasteiger partial charge in [-0.15, -0.1) is 6.42 Å². The molecule has 0 bridgehead atoms. The highest BCUT2D eigenvalue weighted by molar-refractivity contribution is 5.49. The molecule has 1 rings (SSSR count). The Morgan fingerprint density at radius 1 is 1.31 bits per heavy atom. The van der Waals surface area contributed by atoms with Gasteiger partial charge in [-0.2, -0.15) is 0 Å². The van der Waals surface area contributed by atoms with Crippen molar-refractivity contribution in [1.29, 1.82) is 0 Å². The summed E-state index contributed by atoms with van der Waals surface area (Å²) >= 11 is 0. The SMILES string of the molecule is C#Cc1ccc(CCCC=O)cc1. The van der Waals surface area contributed by atoms with Crippen LogP contribution in [0.1, 0.15) is 24.0 Å². The van der Waals surface area contributed by atoms with Gasteiger partial charge in [-0.25, -0.2) is 0 Å². The van der Waals surface area contributed by atoms with Gasteiger partial charge in [0.1, 0.15) is 6.29 Å². The Morgan fingerprint density at radius 3 is 2.54 bits per heavy atom. The minimum absolute atomic E-state index is 0.636. The third-order valence-corrected chi connectivity index (χ3v) is 1.91. The van der Waals surface area contributed by atoms with Crippen molar-refractivity contribution in [3.63, 3.8) is 0 Å². The van der Waals surface area contributed by atoms with E-state index in [1.807, 2.05) is 24.3 Å². The van der Waals surface area contributed by atoms with E-state index in [4.69, 9.17) is 6.42 Å². The Kier molecular flexibility index (Phi) is 3.78. The highest BCUT2D eigenvalue weighted by Gasteiger charge is 1.92. The fourth-order valence-electron chi connectivity index (χ4n) is 1.16. The molecule has 0 spiro atoms. The monoisotopic (exact) mass is 172 g/mol. The lowest BCUT2D eigenvalue weighted by Gasteiger charge is -1.98. The molecule has 0 N–H and O–H groups in total. The lowest BCUT2D eigenvalue weighted by atomic mass is 10.1. The zero-order valence-electron chi connectivity index (χ0n) is 7.49. The van der Waals surface area contributed by atoms with E-state index in [0.29, 0.717) is 6.42 Å². The quantitative estimate of drug-likeness (QED) is 0.386. The summed E-state index contributed by atoms with van der Waals surface area (Å²) in [4.78, 5) is 10.1. The number of aldehydes is 1. The molecule has 0 saturated heterocycles. The maximum Gasteiger partial charge on any atom is 0.120 e. The first kappa shape index (κ1) is 9.54. The average molecular weight is 172 g/mol. The fourth-order valence-corrected chi connectivity index (χ4v) is 1.16. The number of aryl methyl sites for hydroxylation is 1. The van der Waals surface area contributed by atoms with E-state index in [1.54, 1.807) is 0 Å². The summed E-state index contributed by atoms with van der Waals surface area (Å²) in [7, 11) is 0. The lowest BCUT2D eigenvalue weighted by Crippen LogP contribution is -1.86. The molecule has 0 fully saturated rings. The van der Waals surface area contributed by atoms with Gasteiger partial charge in [-0.1, -0.05) is 18.1 Å². The Bertz CT molecular complexity index is 303. The van der Waals surface area contributed by atoms with Crippen LogP contribution in [-0.2, 0) is 11.2 Å². The first-order valence-electron chi connectivity index (χ1n) is 4.36.